The molecule has 7 heteroatoms. The van der Waals surface area contributed by atoms with Gasteiger partial charge in [-0.15, -0.1) is 0 Å². The van der Waals surface area contributed by atoms with Gasteiger partial charge in [-0.3, -0.25) is 15.0 Å². The minimum absolute atomic E-state index is 0.0555. The van der Waals surface area contributed by atoms with Gasteiger partial charge in [-0.2, -0.15) is 0 Å². The highest BCUT2D eigenvalue weighted by molar-refractivity contribution is 5.43. The van der Waals surface area contributed by atoms with Crippen LogP contribution in [-0.4, -0.2) is 24.6 Å². The van der Waals surface area contributed by atoms with E-state index in [4.69, 9.17) is 4.74 Å². The molecule has 1 aromatic heterocycles. The molecule has 0 amide bonds. The van der Waals surface area contributed by atoms with E-state index in [9.17, 15) is 15.3 Å². The molecule has 156 valence electrons. The smallest absolute Gasteiger partial charge is 0.286 e. The fourth-order valence-electron chi connectivity index (χ4n) is 3.65. The zero-order valence-corrected chi connectivity index (χ0v) is 17.3. The summed E-state index contributed by atoms with van der Waals surface area (Å²) in [6, 6.07) is 10.9. The van der Waals surface area contributed by atoms with Crippen LogP contribution in [0.1, 0.15) is 45.6 Å². The van der Waals surface area contributed by atoms with E-state index in [2.05, 4.69) is 32.9 Å². The molecule has 1 aliphatic rings. The molecule has 1 saturated heterocycles. The quantitative estimate of drug-likeness (QED) is 0.314. The molecule has 2 aromatic rings. The average Bonchev–Trinajstić information content (AvgIpc) is 2.68. The summed E-state index contributed by atoms with van der Waals surface area (Å²) in [5.74, 6) is 1.77. The van der Waals surface area contributed by atoms with Gasteiger partial charge in [-0.1, -0.05) is 32.9 Å². The maximum absolute atomic E-state index is 12.0. The van der Waals surface area contributed by atoms with Crippen molar-refractivity contribution in [3.63, 3.8) is 0 Å². The Bertz CT molecular complexity index is 838. The second-order valence-electron chi connectivity index (χ2n) is 8.67. The second kappa shape index (κ2) is 8.68. The first-order chi connectivity index (χ1) is 13.7. The number of piperidine rings is 1. The molecule has 1 fully saturated rings. The summed E-state index contributed by atoms with van der Waals surface area (Å²) in [6.45, 7) is 8.67. The van der Waals surface area contributed by atoms with E-state index < -0.39 is 4.92 Å². The van der Waals surface area contributed by atoms with Crippen molar-refractivity contribution in [2.75, 3.05) is 24.6 Å². The van der Waals surface area contributed by atoms with Crippen molar-refractivity contribution in [2.24, 2.45) is 5.92 Å². The van der Waals surface area contributed by atoms with Crippen molar-refractivity contribution in [3.8, 4) is 5.75 Å². The molecular formula is C22H29N3O4. The monoisotopic (exact) mass is 399 g/mol. The van der Waals surface area contributed by atoms with Gasteiger partial charge in [0.15, 0.2) is 0 Å². The van der Waals surface area contributed by atoms with Crippen LogP contribution in [0.25, 0.3) is 0 Å². The minimum Gasteiger partial charge on any atom is -0.711 e. The Labute approximate surface area is 171 Å². The van der Waals surface area contributed by atoms with Crippen molar-refractivity contribution < 1.29 is 14.4 Å². The van der Waals surface area contributed by atoms with Gasteiger partial charge in [0.25, 0.3) is 11.5 Å². The third-order valence-corrected chi connectivity index (χ3v) is 5.55. The zero-order chi connectivity index (χ0) is 21.0. The molecule has 2 heterocycles. The van der Waals surface area contributed by atoms with Gasteiger partial charge >= 0.3 is 0 Å². The lowest BCUT2D eigenvalue weighted by molar-refractivity contribution is -0.593. The minimum atomic E-state index is -0.471. The van der Waals surface area contributed by atoms with E-state index in [1.165, 1.54) is 23.9 Å². The molecule has 0 bridgehead atoms. The summed E-state index contributed by atoms with van der Waals surface area (Å²) in [5, 5.41) is 23.0. The summed E-state index contributed by atoms with van der Waals surface area (Å²) in [7, 11) is 0. The molecule has 0 atom stereocenters. The summed E-state index contributed by atoms with van der Waals surface area (Å²) in [4.78, 5) is 12.4. The molecule has 7 nitrogen and oxygen atoms in total. The molecule has 0 unspecified atom stereocenters. The van der Waals surface area contributed by atoms with E-state index in [1.807, 2.05) is 17.0 Å². The van der Waals surface area contributed by atoms with Crippen LogP contribution in [0.5, 0.6) is 5.75 Å². The lowest BCUT2D eigenvalue weighted by Crippen LogP contribution is -2.42. The van der Waals surface area contributed by atoms with Crippen LogP contribution in [0.2, 0.25) is 0 Å². The van der Waals surface area contributed by atoms with Crippen LogP contribution in [0.15, 0.2) is 42.6 Å². The van der Waals surface area contributed by atoms with E-state index >= 15 is 0 Å². The fraction of sp³-hybridized carbons (Fsp3) is 0.500. The lowest BCUT2D eigenvalue weighted by atomic mass is 9.87. The maximum Gasteiger partial charge on any atom is 0.286 e. The lowest BCUT2D eigenvalue weighted by Gasteiger charge is -2.29. The molecular weight excluding hydrogens is 370 g/mol. The van der Waals surface area contributed by atoms with Crippen LogP contribution in [0, 0.1) is 21.2 Å². The van der Waals surface area contributed by atoms with Crippen LogP contribution < -0.4 is 14.4 Å². The fourth-order valence-corrected chi connectivity index (χ4v) is 3.65. The molecule has 0 N–H and O–H groups in total. The highest BCUT2D eigenvalue weighted by Crippen LogP contribution is 2.27. The van der Waals surface area contributed by atoms with Crippen molar-refractivity contribution >= 4 is 11.5 Å². The summed E-state index contributed by atoms with van der Waals surface area (Å²) < 4.78 is 6.61. The van der Waals surface area contributed by atoms with E-state index in [-0.39, 0.29) is 11.1 Å². The zero-order valence-electron chi connectivity index (χ0n) is 17.3. The maximum atomic E-state index is 12.0. The Balaban J connectivity index is 1.47. The number of hydrogen-bond acceptors (Lipinski definition) is 5. The van der Waals surface area contributed by atoms with Gasteiger partial charge in [0.1, 0.15) is 18.0 Å². The van der Waals surface area contributed by atoms with E-state index in [0.717, 1.165) is 25.0 Å². The van der Waals surface area contributed by atoms with Gasteiger partial charge in [0.05, 0.1) is 30.7 Å². The Morgan fingerprint density at radius 2 is 1.83 bits per heavy atom. The average molecular weight is 399 g/mol. The van der Waals surface area contributed by atoms with Crippen LogP contribution in [0.3, 0.4) is 0 Å². The van der Waals surface area contributed by atoms with Crippen LogP contribution >= 0.6 is 0 Å². The first-order valence-electron chi connectivity index (χ1n) is 10.1. The third-order valence-electron chi connectivity index (χ3n) is 5.55. The highest BCUT2D eigenvalue weighted by atomic mass is 16.6. The first-order valence-corrected chi connectivity index (χ1v) is 10.1. The molecule has 3 rings (SSSR count). The second-order valence-corrected chi connectivity index (χ2v) is 8.67. The number of rotatable bonds is 6. The van der Waals surface area contributed by atoms with Gasteiger partial charge < -0.3 is 9.94 Å². The molecule has 0 radical (unpaired) electrons. The normalized spacial score (nSPS) is 15.3. The number of nitrogens with zero attached hydrogens (tertiary/aromatic N) is 3. The SMILES string of the molecule is CC(C)(C)c1ccc(OCCC2CCN(c3cc([N+](=O)[O-])cc[n+]3[O-])CC2)cc1. The third kappa shape index (κ3) is 5.37. The van der Waals surface area contributed by atoms with Gasteiger partial charge in [0.2, 0.25) is 0 Å². The summed E-state index contributed by atoms with van der Waals surface area (Å²) in [6.07, 6.45) is 4.05. The Kier molecular flexibility index (Phi) is 6.25. The topological polar surface area (TPSA) is 82.5 Å². The van der Waals surface area contributed by atoms with Crippen LogP contribution in [-0.2, 0) is 5.41 Å². The number of benzene rings is 1. The molecule has 0 aliphatic carbocycles. The Hall–Kier alpha value is -2.83. The molecule has 0 spiro atoms. The largest absolute Gasteiger partial charge is 0.711 e. The Morgan fingerprint density at radius 1 is 1.17 bits per heavy atom. The van der Waals surface area contributed by atoms with Crippen LogP contribution in [0.4, 0.5) is 11.5 Å². The van der Waals surface area contributed by atoms with Crippen molar-refractivity contribution in [2.45, 2.75) is 45.4 Å². The standard InChI is InChI=1S/C22H29N3O4/c1-22(2,3)18-4-6-20(7-5-18)29-15-11-17-8-12-23(13-9-17)21-16-19(25(27)28)10-14-24(21)26/h4-7,10,14,16-17H,8-9,11-13,15H2,1-3H3. The predicted molar refractivity (Wildman–Crippen MR) is 112 cm³/mol. The number of nitro groups is 1. The molecule has 29 heavy (non-hydrogen) atoms. The van der Waals surface area contributed by atoms with Gasteiger partial charge in [0, 0.05) is 0 Å². The first kappa shape index (κ1) is 20.9. The molecule has 0 saturated carbocycles. The van der Waals surface area contributed by atoms with Crippen molar-refractivity contribution in [3.05, 3.63) is 63.5 Å². The van der Waals surface area contributed by atoms with Crippen molar-refractivity contribution in [1.29, 1.82) is 0 Å². The van der Waals surface area contributed by atoms with Crippen molar-refractivity contribution in [1.82, 2.24) is 0 Å². The number of pyridine rings is 1. The van der Waals surface area contributed by atoms with E-state index in [0.29, 0.717) is 36.2 Å². The number of ether oxygens (including phenoxy) is 1. The summed E-state index contributed by atoms with van der Waals surface area (Å²) in [5.41, 5.74) is 1.36. The highest BCUT2D eigenvalue weighted by Gasteiger charge is 2.27. The van der Waals surface area contributed by atoms with Gasteiger partial charge in [-0.05, 0) is 48.3 Å². The summed E-state index contributed by atoms with van der Waals surface area (Å²) >= 11 is 0. The Morgan fingerprint density at radius 3 is 2.41 bits per heavy atom. The molecule has 1 aromatic carbocycles. The number of aromatic nitrogens is 1. The van der Waals surface area contributed by atoms with E-state index in [1.54, 1.807) is 0 Å². The van der Waals surface area contributed by atoms with Gasteiger partial charge in [-0.25, -0.2) is 4.73 Å². The predicted octanol–water partition coefficient (Wildman–Crippen LogP) is 4.21. The number of hydrogen-bond donors (Lipinski definition) is 0. The molecule has 1 aliphatic heterocycles. The number of anilines is 1.